The van der Waals surface area contributed by atoms with Crippen LogP contribution in [0.4, 0.5) is 4.39 Å². The summed E-state index contributed by atoms with van der Waals surface area (Å²) in [5, 5.41) is 0.920. The van der Waals surface area contributed by atoms with Crippen LogP contribution >= 0.6 is 27.3 Å². The molecule has 2 N–H and O–H groups in total. The number of benzene rings is 1. The third-order valence-electron chi connectivity index (χ3n) is 3.65. The van der Waals surface area contributed by atoms with E-state index in [1.54, 1.807) is 23.5 Å². The smallest absolute Gasteiger partial charge is 0.137 e. The Hall–Kier alpha value is -0.780. The summed E-state index contributed by atoms with van der Waals surface area (Å²) in [5.41, 5.74) is 8.50. The molecule has 0 fully saturated rings. The summed E-state index contributed by atoms with van der Waals surface area (Å²) < 4.78 is 13.8. The molecule has 20 heavy (non-hydrogen) atoms. The first-order chi connectivity index (χ1) is 9.35. The summed E-state index contributed by atoms with van der Waals surface area (Å²) in [6, 6.07) is 5.06. The van der Waals surface area contributed by atoms with Crippen LogP contribution < -0.4 is 5.73 Å². The van der Waals surface area contributed by atoms with Gasteiger partial charge >= 0.3 is 0 Å². The van der Waals surface area contributed by atoms with Gasteiger partial charge in [-0.3, -0.25) is 0 Å². The molecule has 1 heterocycles. The lowest BCUT2D eigenvalue weighted by Crippen LogP contribution is -2.28. The Morgan fingerprint density at radius 2 is 2.20 bits per heavy atom. The molecule has 0 amide bonds. The van der Waals surface area contributed by atoms with E-state index in [1.807, 2.05) is 0 Å². The Bertz CT molecular complexity index is 666. The molecule has 106 valence electrons. The molecular formula is C15H16BrFN2S. The van der Waals surface area contributed by atoms with Crippen molar-refractivity contribution in [2.45, 2.75) is 32.7 Å². The normalized spacial score (nSPS) is 20.8. The van der Waals surface area contributed by atoms with Crippen LogP contribution in [0.3, 0.4) is 0 Å². The van der Waals surface area contributed by atoms with E-state index in [4.69, 9.17) is 10.7 Å². The second-order valence-corrected chi connectivity index (χ2v) is 8.00. The summed E-state index contributed by atoms with van der Waals surface area (Å²) in [7, 11) is 0. The zero-order valence-corrected chi connectivity index (χ0v) is 13.8. The molecule has 3 rings (SSSR count). The van der Waals surface area contributed by atoms with Crippen LogP contribution in [0.1, 0.15) is 36.9 Å². The molecule has 1 unspecified atom stereocenters. The SMILES string of the molecule is CC1(C)Cc2nc(-c3ccc(F)c(Br)c3)sc2C(N)C1. The molecule has 0 spiro atoms. The maximum absolute atomic E-state index is 13.3. The minimum atomic E-state index is -0.257. The highest BCUT2D eigenvalue weighted by molar-refractivity contribution is 9.10. The second-order valence-electron chi connectivity index (χ2n) is 6.11. The Morgan fingerprint density at radius 3 is 2.90 bits per heavy atom. The Morgan fingerprint density at radius 1 is 1.45 bits per heavy atom. The van der Waals surface area contributed by atoms with Gasteiger partial charge in [0, 0.05) is 16.5 Å². The number of halogens is 2. The average Bonchev–Trinajstić information content (AvgIpc) is 2.75. The van der Waals surface area contributed by atoms with Gasteiger partial charge in [0.05, 0.1) is 10.2 Å². The summed E-state index contributed by atoms with van der Waals surface area (Å²) in [6.07, 6.45) is 1.93. The largest absolute Gasteiger partial charge is 0.323 e. The van der Waals surface area contributed by atoms with Crippen molar-refractivity contribution in [1.29, 1.82) is 0 Å². The van der Waals surface area contributed by atoms with E-state index >= 15 is 0 Å². The molecule has 1 aromatic carbocycles. The van der Waals surface area contributed by atoms with Gasteiger partial charge < -0.3 is 5.73 Å². The van der Waals surface area contributed by atoms with Crippen LogP contribution in [-0.4, -0.2) is 4.98 Å². The molecule has 1 aliphatic rings. The molecule has 0 bridgehead atoms. The Balaban J connectivity index is 2.03. The van der Waals surface area contributed by atoms with Crippen LogP contribution in [0.25, 0.3) is 10.6 Å². The lowest BCUT2D eigenvalue weighted by molar-refractivity contribution is 0.282. The van der Waals surface area contributed by atoms with Crippen LogP contribution in [0.2, 0.25) is 0 Å². The van der Waals surface area contributed by atoms with Crippen molar-refractivity contribution in [3.63, 3.8) is 0 Å². The molecule has 5 heteroatoms. The van der Waals surface area contributed by atoms with Gasteiger partial charge in [0.15, 0.2) is 0 Å². The van der Waals surface area contributed by atoms with Crippen LogP contribution in [0.5, 0.6) is 0 Å². The molecule has 2 nitrogen and oxygen atoms in total. The standard InChI is InChI=1S/C15H16BrFN2S/c1-15(2)6-11(18)13-12(7-15)19-14(20-13)8-3-4-10(17)9(16)5-8/h3-5,11H,6-7,18H2,1-2H3. The Kier molecular flexibility index (Phi) is 3.47. The molecule has 2 aromatic rings. The van der Waals surface area contributed by atoms with Crippen LogP contribution in [0.15, 0.2) is 22.7 Å². The third kappa shape index (κ3) is 2.54. The molecule has 0 radical (unpaired) electrons. The highest BCUT2D eigenvalue weighted by atomic mass is 79.9. The molecule has 0 saturated carbocycles. The van der Waals surface area contributed by atoms with Crippen molar-refractivity contribution >= 4 is 27.3 Å². The van der Waals surface area contributed by atoms with E-state index in [2.05, 4.69) is 29.8 Å². The highest BCUT2D eigenvalue weighted by Gasteiger charge is 2.33. The van der Waals surface area contributed by atoms with E-state index in [0.717, 1.165) is 29.1 Å². The first-order valence-corrected chi connectivity index (χ1v) is 8.17. The molecule has 0 saturated heterocycles. The molecular weight excluding hydrogens is 339 g/mol. The van der Waals surface area contributed by atoms with Crippen molar-refractivity contribution in [2.75, 3.05) is 0 Å². The fourth-order valence-electron chi connectivity index (χ4n) is 2.75. The van der Waals surface area contributed by atoms with Gasteiger partial charge in [0.2, 0.25) is 0 Å². The first kappa shape index (κ1) is 14.2. The molecule has 1 aromatic heterocycles. The van der Waals surface area contributed by atoms with Crippen LogP contribution in [0, 0.1) is 11.2 Å². The number of thiazole rings is 1. The maximum Gasteiger partial charge on any atom is 0.137 e. The number of fused-ring (bicyclic) bond motifs is 1. The van der Waals surface area contributed by atoms with Gasteiger partial charge in [-0.05, 0) is 52.4 Å². The summed E-state index contributed by atoms with van der Waals surface area (Å²) in [5.74, 6) is -0.257. The van der Waals surface area contributed by atoms with E-state index in [0.29, 0.717) is 4.47 Å². The number of hydrogen-bond donors (Lipinski definition) is 1. The summed E-state index contributed by atoms with van der Waals surface area (Å²) >= 11 is 4.85. The van der Waals surface area contributed by atoms with Gasteiger partial charge in [0.25, 0.3) is 0 Å². The lowest BCUT2D eigenvalue weighted by Gasteiger charge is -2.32. The quantitative estimate of drug-likeness (QED) is 0.806. The van der Waals surface area contributed by atoms with E-state index in [1.165, 1.54) is 10.9 Å². The number of aromatic nitrogens is 1. The fourth-order valence-corrected chi connectivity index (χ4v) is 4.20. The van der Waals surface area contributed by atoms with Crippen molar-refractivity contribution in [3.05, 3.63) is 39.1 Å². The Labute approximate surface area is 130 Å². The minimum Gasteiger partial charge on any atom is -0.323 e. The predicted molar refractivity (Wildman–Crippen MR) is 84.2 cm³/mol. The average molecular weight is 355 g/mol. The minimum absolute atomic E-state index is 0.0592. The van der Waals surface area contributed by atoms with Gasteiger partial charge in [-0.15, -0.1) is 11.3 Å². The first-order valence-electron chi connectivity index (χ1n) is 6.56. The van der Waals surface area contributed by atoms with E-state index in [-0.39, 0.29) is 17.3 Å². The zero-order chi connectivity index (χ0) is 14.5. The lowest BCUT2D eigenvalue weighted by atomic mass is 9.77. The predicted octanol–water partition coefficient (Wildman–Crippen LogP) is 4.68. The summed E-state index contributed by atoms with van der Waals surface area (Å²) in [4.78, 5) is 5.91. The summed E-state index contributed by atoms with van der Waals surface area (Å²) in [6.45, 7) is 4.45. The monoisotopic (exact) mass is 354 g/mol. The number of nitrogens with zero attached hydrogens (tertiary/aromatic N) is 1. The molecule has 1 atom stereocenters. The van der Waals surface area contributed by atoms with E-state index < -0.39 is 0 Å². The van der Waals surface area contributed by atoms with Crippen molar-refractivity contribution < 1.29 is 4.39 Å². The van der Waals surface area contributed by atoms with Crippen LogP contribution in [-0.2, 0) is 6.42 Å². The third-order valence-corrected chi connectivity index (χ3v) is 5.54. The molecule has 1 aliphatic carbocycles. The second kappa shape index (κ2) is 4.90. The topological polar surface area (TPSA) is 38.9 Å². The van der Waals surface area contributed by atoms with Crippen molar-refractivity contribution in [1.82, 2.24) is 4.98 Å². The molecule has 0 aliphatic heterocycles. The number of hydrogen-bond acceptors (Lipinski definition) is 3. The zero-order valence-electron chi connectivity index (χ0n) is 11.4. The van der Waals surface area contributed by atoms with Gasteiger partial charge in [-0.25, -0.2) is 9.37 Å². The fraction of sp³-hybridized carbons (Fsp3) is 0.400. The van der Waals surface area contributed by atoms with Crippen molar-refractivity contribution in [3.8, 4) is 10.6 Å². The maximum atomic E-state index is 13.3. The van der Waals surface area contributed by atoms with Gasteiger partial charge in [-0.2, -0.15) is 0 Å². The van der Waals surface area contributed by atoms with E-state index in [9.17, 15) is 4.39 Å². The number of nitrogens with two attached hydrogens (primary N) is 1. The van der Waals surface area contributed by atoms with Gasteiger partial charge in [0.1, 0.15) is 10.8 Å². The highest BCUT2D eigenvalue weighted by Crippen LogP contribution is 2.43. The van der Waals surface area contributed by atoms with Gasteiger partial charge in [-0.1, -0.05) is 13.8 Å². The number of rotatable bonds is 1. The van der Waals surface area contributed by atoms with Crippen molar-refractivity contribution in [2.24, 2.45) is 11.1 Å².